The molecule has 1 saturated heterocycles. The Morgan fingerprint density at radius 1 is 1.41 bits per heavy atom. The number of halogens is 1. The molecule has 0 spiro atoms. The van der Waals surface area contributed by atoms with E-state index in [1.54, 1.807) is 10.7 Å². The second-order valence-electron chi connectivity index (χ2n) is 4.53. The smallest absolute Gasteiger partial charge is 0.157 e. The van der Waals surface area contributed by atoms with Crippen molar-refractivity contribution in [3.63, 3.8) is 0 Å². The molecule has 0 amide bonds. The number of anilines is 1. The van der Waals surface area contributed by atoms with Gasteiger partial charge in [0.2, 0.25) is 0 Å². The van der Waals surface area contributed by atoms with Crippen molar-refractivity contribution in [3.05, 3.63) is 24.5 Å². The summed E-state index contributed by atoms with van der Waals surface area (Å²) in [7, 11) is 0. The first-order valence-corrected chi connectivity index (χ1v) is 6.51. The maximum Gasteiger partial charge on any atom is 0.157 e. The highest BCUT2D eigenvalue weighted by molar-refractivity contribution is 6.18. The third-order valence-corrected chi connectivity index (χ3v) is 3.74. The molecule has 1 unspecified atom stereocenters. The monoisotopic (exact) mass is 250 g/mol. The highest BCUT2D eigenvalue weighted by atomic mass is 35.5. The molecule has 0 aromatic carbocycles. The number of hydrogen-bond acceptors (Lipinski definition) is 3. The molecule has 17 heavy (non-hydrogen) atoms. The van der Waals surface area contributed by atoms with E-state index in [0.29, 0.717) is 5.92 Å². The predicted molar refractivity (Wildman–Crippen MR) is 68.6 cm³/mol. The standard InChI is InChI=1S/C12H15ClN4/c13-8-10-2-1-6-16(9-10)11-4-7-17-12(15-11)3-5-14-17/h3-5,7,10H,1-2,6,8-9H2. The van der Waals surface area contributed by atoms with Gasteiger partial charge in [0, 0.05) is 31.2 Å². The second kappa shape index (κ2) is 4.53. The third kappa shape index (κ3) is 2.09. The molecule has 3 rings (SSSR count). The average Bonchev–Trinajstić information content (AvgIpc) is 2.86. The van der Waals surface area contributed by atoms with E-state index in [4.69, 9.17) is 11.6 Å². The SMILES string of the molecule is ClCC1CCCN(c2ccn3nccc3n2)C1. The number of fused-ring (bicyclic) bond motifs is 1. The van der Waals surface area contributed by atoms with Crippen molar-refractivity contribution in [1.82, 2.24) is 14.6 Å². The molecule has 4 nitrogen and oxygen atoms in total. The maximum absolute atomic E-state index is 5.95. The Morgan fingerprint density at radius 2 is 2.35 bits per heavy atom. The highest BCUT2D eigenvalue weighted by Gasteiger charge is 2.20. The van der Waals surface area contributed by atoms with Gasteiger partial charge in [-0.2, -0.15) is 5.10 Å². The number of piperidine rings is 1. The van der Waals surface area contributed by atoms with E-state index < -0.39 is 0 Å². The minimum atomic E-state index is 0.591. The molecule has 3 heterocycles. The zero-order chi connectivity index (χ0) is 11.7. The molecule has 0 bridgehead atoms. The Hall–Kier alpha value is -1.29. The van der Waals surface area contributed by atoms with E-state index in [0.717, 1.165) is 30.4 Å². The van der Waals surface area contributed by atoms with Crippen molar-refractivity contribution in [1.29, 1.82) is 0 Å². The van der Waals surface area contributed by atoms with Crippen LogP contribution >= 0.6 is 11.6 Å². The lowest BCUT2D eigenvalue weighted by atomic mass is 10.0. The van der Waals surface area contributed by atoms with Crippen LogP contribution in [-0.4, -0.2) is 33.6 Å². The van der Waals surface area contributed by atoms with E-state index in [9.17, 15) is 0 Å². The van der Waals surface area contributed by atoms with Crippen LogP contribution in [0.3, 0.4) is 0 Å². The fourth-order valence-corrected chi connectivity index (χ4v) is 2.63. The molecule has 1 fully saturated rings. The van der Waals surface area contributed by atoms with E-state index in [-0.39, 0.29) is 0 Å². The van der Waals surface area contributed by atoms with Crippen LogP contribution in [-0.2, 0) is 0 Å². The molecular weight excluding hydrogens is 236 g/mol. The minimum Gasteiger partial charge on any atom is -0.356 e. The lowest BCUT2D eigenvalue weighted by Crippen LogP contribution is -2.36. The van der Waals surface area contributed by atoms with Gasteiger partial charge in [-0.25, -0.2) is 9.50 Å². The summed E-state index contributed by atoms with van der Waals surface area (Å²) >= 11 is 5.95. The quantitative estimate of drug-likeness (QED) is 0.766. The van der Waals surface area contributed by atoms with Crippen LogP contribution < -0.4 is 4.90 Å². The Labute approximate surface area is 105 Å². The van der Waals surface area contributed by atoms with Crippen molar-refractivity contribution in [2.75, 3.05) is 23.9 Å². The van der Waals surface area contributed by atoms with Crippen LogP contribution in [0, 0.1) is 5.92 Å². The Balaban J connectivity index is 1.86. The first-order chi connectivity index (χ1) is 8.36. The third-order valence-electron chi connectivity index (χ3n) is 3.30. The van der Waals surface area contributed by atoms with Crippen molar-refractivity contribution < 1.29 is 0 Å². The van der Waals surface area contributed by atoms with Gasteiger partial charge in [0.05, 0.1) is 6.20 Å². The summed E-state index contributed by atoms with van der Waals surface area (Å²) < 4.78 is 1.78. The van der Waals surface area contributed by atoms with Gasteiger partial charge in [-0.3, -0.25) is 0 Å². The van der Waals surface area contributed by atoms with Crippen molar-refractivity contribution >= 4 is 23.1 Å². The van der Waals surface area contributed by atoms with E-state index in [1.807, 2.05) is 18.3 Å². The molecule has 5 heteroatoms. The fraction of sp³-hybridized carbons (Fsp3) is 0.500. The van der Waals surface area contributed by atoms with Crippen LogP contribution in [0.4, 0.5) is 5.82 Å². The molecule has 90 valence electrons. The van der Waals surface area contributed by atoms with Crippen molar-refractivity contribution in [2.45, 2.75) is 12.8 Å². The molecule has 2 aromatic heterocycles. The second-order valence-corrected chi connectivity index (χ2v) is 4.84. The normalized spacial score (nSPS) is 21.0. The van der Waals surface area contributed by atoms with Crippen LogP contribution in [0.2, 0.25) is 0 Å². The number of alkyl halides is 1. The van der Waals surface area contributed by atoms with Gasteiger partial charge in [-0.15, -0.1) is 11.6 Å². The molecule has 0 N–H and O–H groups in total. The summed E-state index contributed by atoms with van der Waals surface area (Å²) in [5, 5.41) is 4.15. The highest BCUT2D eigenvalue weighted by Crippen LogP contribution is 2.22. The number of rotatable bonds is 2. The van der Waals surface area contributed by atoms with Crippen LogP contribution in [0.15, 0.2) is 24.5 Å². The molecule has 1 aliphatic heterocycles. The summed E-state index contributed by atoms with van der Waals surface area (Å²) in [5.74, 6) is 2.37. The number of hydrogen-bond donors (Lipinski definition) is 0. The molecule has 1 aliphatic rings. The molecule has 0 radical (unpaired) electrons. The zero-order valence-electron chi connectivity index (χ0n) is 9.59. The van der Waals surface area contributed by atoms with Gasteiger partial charge >= 0.3 is 0 Å². The van der Waals surface area contributed by atoms with Crippen LogP contribution in [0.1, 0.15) is 12.8 Å². The van der Waals surface area contributed by atoms with Crippen LogP contribution in [0.5, 0.6) is 0 Å². The Kier molecular flexibility index (Phi) is 2.89. The largest absolute Gasteiger partial charge is 0.356 e. The Morgan fingerprint density at radius 3 is 3.24 bits per heavy atom. The summed E-state index contributed by atoms with van der Waals surface area (Å²) in [6.07, 6.45) is 6.16. The van der Waals surface area contributed by atoms with Gasteiger partial charge < -0.3 is 4.90 Å². The first-order valence-electron chi connectivity index (χ1n) is 5.98. The summed E-state index contributed by atoms with van der Waals surface area (Å²) in [6, 6.07) is 3.95. The Bertz CT molecular complexity index is 510. The lowest BCUT2D eigenvalue weighted by molar-refractivity contribution is 0.449. The zero-order valence-corrected chi connectivity index (χ0v) is 10.3. The molecule has 2 aromatic rings. The van der Waals surface area contributed by atoms with E-state index in [2.05, 4.69) is 15.0 Å². The van der Waals surface area contributed by atoms with Gasteiger partial charge in [0.1, 0.15) is 5.82 Å². The molecule has 0 saturated carbocycles. The number of nitrogens with zero attached hydrogens (tertiary/aromatic N) is 4. The van der Waals surface area contributed by atoms with E-state index >= 15 is 0 Å². The molecule has 1 atom stereocenters. The predicted octanol–water partition coefficient (Wildman–Crippen LogP) is 2.18. The van der Waals surface area contributed by atoms with E-state index in [1.165, 1.54) is 12.8 Å². The van der Waals surface area contributed by atoms with Gasteiger partial charge in [0.25, 0.3) is 0 Å². The summed E-state index contributed by atoms with van der Waals surface area (Å²) in [4.78, 5) is 6.93. The molecule has 0 aliphatic carbocycles. The first kappa shape index (κ1) is 10.8. The maximum atomic E-state index is 5.95. The lowest BCUT2D eigenvalue weighted by Gasteiger charge is -2.32. The number of aromatic nitrogens is 3. The van der Waals surface area contributed by atoms with Crippen molar-refractivity contribution in [3.8, 4) is 0 Å². The van der Waals surface area contributed by atoms with Gasteiger partial charge in [-0.05, 0) is 24.8 Å². The van der Waals surface area contributed by atoms with Gasteiger partial charge in [0.15, 0.2) is 5.65 Å². The minimum absolute atomic E-state index is 0.591. The molecular formula is C12H15ClN4. The topological polar surface area (TPSA) is 33.4 Å². The fourth-order valence-electron chi connectivity index (χ4n) is 2.38. The average molecular weight is 251 g/mol. The summed E-state index contributed by atoms with van der Waals surface area (Å²) in [5.41, 5.74) is 0.899. The van der Waals surface area contributed by atoms with Crippen LogP contribution in [0.25, 0.3) is 5.65 Å². The summed E-state index contributed by atoms with van der Waals surface area (Å²) in [6.45, 7) is 2.09. The van der Waals surface area contributed by atoms with Crippen molar-refractivity contribution in [2.24, 2.45) is 5.92 Å². The van der Waals surface area contributed by atoms with Gasteiger partial charge in [-0.1, -0.05) is 0 Å².